The van der Waals surface area contributed by atoms with Crippen LogP contribution in [0.2, 0.25) is 0 Å². The van der Waals surface area contributed by atoms with Gasteiger partial charge in [-0.05, 0) is 24.3 Å². The third-order valence-electron chi connectivity index (χ3n) is 4.68. The molecule has 6 nitrogen and oxygen atoms in total. The van der Waals surface area contributed by atoms with Gasteiger partial charge in [0.1, 0.15) is 5.82 Å². The molecule has 158 valence electrons. The molecule has 0 bridgehead atoms. The van der Waals surface area contributed by atoms with Gasteiger partial charge < -0.3 is 16.0 Å². The first kappa shape index (κ1) is 24.7. The van der Waals surface area contributed by atoms with E-state index in [2.05, 4.69) is 10.2 Å². The molecule has 3 rings (SSSR count). The lowest BCUT2D eigenvalue weighted by Crippen LogP contribution is -2.50. The van der Waals surface area contributed by atoms with Gasteiger partial charge in [-0.2, -0.15) is 0 Å². The van der Waals surface area contributed by atoms with Crippen molar-refractivity contribution >= 4 is 42.3 Å². The maximum absolute atomic E-state index is 13.6. The van der Waals surface area contributed by atoms with E-state index < -0.39 is 11.7 Å². The summed E-state index contributed by atoms with van der Waals surface area (Å²) in [6.45, 7) is 3.72. The maximum atomic E-state index is 13.6. The first-order valence-corrected chi connectivity index (χ1v) is 8.95. The Balaban J connectivity index is 0.00000210. The van der Waals surface area contributed by atoms with Crippen molar-refractivity contribution in [2.45, 2.75) is 0 Å². The van der Waals surface area contributed by atoms with E-state index in [1.165, 1.54) is 12.1 Å². The van der Waals surface area contributed by atoms with Gasteiger partial charge >= 0.3 is 0 Å². The van der Waals surface area contributed by atoms with Crippen molar-refractivity contribution in [3.8, 4) is 0 Å². The average Bonchev–Trinajstić information content (AvgIpc) is 2.68. The Hall–Kier alpha value is -2.35. The Kier molecular flexibility index (Phi) is 9.88. The number of benzene rings is 2. The molecule has 0 unspecified atom stereocenters. The molecule has 1 fully saturated rings. The molecule has 0 radical (unpaired) electrons. The minimum Gasteiger partial charge on any atom is -0.398 e. The molecule has 0 aliphatic carbocycles. The molecule has 1 aliphatic rings. The zero-order valence-electron chi connectivity index (χ0n) is 15.8. The molecule has 0 aromatic heterocycles. The Morgan fingerprint density at radius 3 is 2.14 bits per heavy atom. The van der Waals surface area contributed by atoms with Crippen LogP contribution in [0, 0.1) is 5.82 Å². The molecule has 2 aromatic carbocycles. The SMILES string of the molecule is Cl.Cl.Nc1ccccc1C(=O)N1CCN(CCNC(=O)c2ccccc2F)CC1. The predicted octanol–water partition coefficient (Wildman–Crippen LogP) is 2.44. The third kappa shape index (κ3) is 6.32. The van der Waals surface area contributed by atoms with Crippen molar-refractivity contribution in [1.29, 1.82) is 0 Å². The summed E-state index contributed by atoms with van der Waals surface area (Å²) in [5, 5.41) is 2.74. The van der Waals surface area contributed by atoms with Crippen LogP contribution in [-0.4, -0.2) is 60.9 Å². The molecule has 2 aromatic rings. The molecule has 9 heteroatoms. The second-order valence-electron chi connectivity index (χ2n) is 6.46. The van der Waals surface area contributed by atoms with E-state index in [0.717, 1.165) is 0 Å². The van der Waals surface area contributed by atoms with Crippen molar-refractivity contribution in [1.82, 2.24) is 15.1 Å². The number of anilines is 1. The van der Waals surface area contributed by atoms with Crippen LogP contribution in [0.3, 0.4) is 0 Å². The summed E-state index contributed by atoms with van der Waals surface area (Å²) < 4.78 is 13.6. The third-order valence-corrected chi connectivity index (χ3v) is 4.68. The van der Waals surface area contributed by atoms with Crippen molar-refractivity contribution in [2.24, 2.45) is 0 Å². The first-order valence-electron chi connectivity index (χ1n) is 8.95. The Morgan fingerprint density at radius 2 is 1.52 bits per heavy atom. The highest BCUT2D eigenvalue weighted by atomic mass is 35.5. The zero-order chi connectivity index (χ0) is 19.2. The highest BCUT2D eigenvalue weighted by molar-refractivity contribution is 5.99. The molecule has 1 heterocycles. The van der Waals surface area contributed by atoms with Gasteiger partial charge in [-0.15, -0.1) is 24.8 Å². The number of nitrogens with zero attached hydrogens (tertiary/aromatic N) is 2. The summed E-state index contributed by atoms with van der Waals surface area (Å²) in [4.78, 5) is 28.5. The largest absolute Gasteiger partial charge is 0.398 e. The molecule has 3 N–H and O–H groups in total. The van der Waals surface area contributed by atoms with E-state index in [9.17, 15) is 14.0 Å². The lowest BCUT2D eigenvalue weighted by atomic mass is 10.1. The summed E-state index contributed by atoms with van der Waals surface area (Å²) in [7, 11) is 0. The topological polar surface area (TPSA) is 78.7 Å². The van der Waals surface area contributed by atoms with Crippen LogP contribution in [0.15, 0.2) is 48.5 Å². The second-order valence-corrected chi connectivity index (χ2v) is 6.46. The van der Waals surface area contributed by atoms with Crippen LogP contribution < -0.4 is 11.1 Å². The monoisotopic (exact) mass is 442 g/mol. The van der Waals surface area contributed by atoms with E-state index in [-0.39, 0.29) is 36.3 Å². The van der Waals surface area contributed by atoms with Crippen molar-refractivity contribution in [3.05, 3.63) is 65.5 Å². The zero-order valence-corrected chi connectivity index (χ0v) is 17.5. The first-order chi connectivity index (χ1) is 13.1. The number of halogens is 3. The van der Waals surface area contributed by atoms with Crippen molar-refractivity contribution in [3.63, 3.8) is 0 Å². The predicted molar refractivity (Wildman–Crippen MR) is 116 cm³/mol. The number of carbonyl (C=O) groups is 2. The summed E-state index contributed by atoms with van der Waals surface area (Å²) in [5.41, 5.74) is 6.95. The summed E-state index contributed by atoms with van der Waals surface area (Å²) in [6, 6.07) is 13.0. The summed E-state index contributed by atoms with van der Waals surface area (Å²) >= 11 is 0. The van der Waals surface area contributed by atoms with Gasteiger partial charge in [0.25, 0.3) is 11.8 Å². The summed E-state index contributed by atoms with van der Waals surface area (Å²) in [5.74, 6) is -0.996. The van der Waals surface area contributed by atoms with Crippen LogP contribution >= 0.6 is 24.8 Å². The Labute approximate surface area is 182 Å². The van der Waals surface area contributed by atoms with E-state index in [0.29, 0.717) is 50.5 Å². The van der Waals surface area contributed by atoms with Crippen LogP contribution in [0.5, 0.6) is 0 Å². The fraction of sp³-hybridized carbons (Fsp3) is 0.300. The maximum Gasteiger partial charge on any atom is 0.256 e. The number of hydrogen-bond acceptors (Lipinski definition) is 4. The molecule has 1 saturated heterocycles. The number of nitrogens with two attached hydrogens (primary N) is 1. The number of nitrogen functional groups attached to an aromatic ring is 1. The number of piperazine rings is 1. The molecule has 29 heavy (non-hydrogen) atoms. The summed E-state index contributed by atoms with van der Waals surface area (Å²) in [6.07, 6.45) is 0. The molecule has 0 spiro atoms. The Morgan fingerprint density at radius 1 is 0.931 bits per heavy atom. The molecule has 2 amide bonds. The minimum absolute atomic E-state index is 0. The van der Waals surface area contributed by atoms with E-state index >= 15 is 0 Å². The van der Waals surface area contributed by atoms with Crippen LogP contribution in [0.4, 0.5) is 10.1 Å². The number of para-hydroxylation sites is 1. The number of nitrogens with one attached hydrogen (secondary N) is 1. The standard InChI is InChI=1S/C20H23FN4O2.2ClH/c21-17-7-3-1-5-15(17)19(26)23-9-10-24-11-13-25(14-12-24)20(27)16-6-2-4-8-18(16)22;;/h1-8H,9-14,22H2,(H,23,26);2*1H. The normalized spacial score (nSPS) is 13.8. The van der Waals surface area contributed by atoms with Gasteiger partial charge in [0.15, 0.2) is 0 Å². The number of hydrogen-bond donors (Lipinski definition) is 2. The van der Waals surface area contributed by atoms with Gasteiger partial charge in [0.05, 0.1) is 11.1 Å². The lowest BCUT2D eigenvalue weighted by molar-refractivity contribution is 0.0639. The highest BCUT2D eigenvalue weighted by Gasteiger charge is 2.23. The van der Waals surface area contributed by atoms with Gasteiger partial charge in [0.2, 0.25) is 0 Å². The molecule has 1 aliphatic heterocycles. The van der Waals surface area contributed by atoms with E-state index in [1.54, 1.807) is 41.3 Å². The molecular weight excluding hydrogens is 418 g/mol. The second kappa shape index (κ2) is 11.6. The van der Waals surface area contributed by atoms with E-state index in [1.807, 2.05) is 0 Å². The number of rotatable bonds is 5. The smallest absolute Gasteiger partial charge is 0.256 e. The van der Waals surface area contributed by atoms with Crippen molar-refractivity contribution < 1.29 is 14.0 Å². The number of carbonyl (C=O) groups excluding carboxylic acids is 2. The molecule has 0 saturated carbocycles. The quantitative estimate of drug-likeness (QED) is 0.696. The average molecular weight is 443 g/mol. The minimum atomic E-state index is -0.526. The fourth-order valence-electron chi connectivity index (χ4n) is 3.10. The molecular formula is C20H25Cl2FN4O2. The van der Waals surface area contributed by atoms with Gasteiger partial charge in [-0.1, -0.05) is 24.3 Å². The van der Waals surface area contributed by atoms with Crippen LogP contribution in [-0.2, 0) is 0 Å². The van der Waals surface area contributed by atoms with Gasteiger partial charge in [-0.25, -0.2) is 4.39 Å². The van der Waals surface area contributed by atoms with Crippen LogP contribution in [0.1, 0.15) is 20.7 Å². The number of amides is 2. The van der Waals surface area contributed by atoms with E-state index in [4.69, 9.17) is 5.73 Å². The highest BCUT2D eigenvalue weighted by Crippen LogP contribution is 2.15. The van der Waals surface area contributed by atoms with Gasteiger partial charge in [0, 0.05) is 45.0 Å². The van der Waals surface area contributed by atoms with Crippen LogP contribution in [0.25, 0.3) is 0 Å². The fourth-order valence-corrected chi connectivity index (χ4v) is 3.10. The Bertz CT molecular complexity index is 827. The van der Waals surface area contributed by atoms with Crippen molar-refractivity contribution in [2.75, 3.05) is 45.0 Å². The van der Waals surface area contributed by atoms with Gasteiger partial charge in [-0.3, -0.25) is 14.5 Å². The lowest BCUT2D eigenvalue weighted by Gasteiger charge is -2.35. The molecule has 0 atom stereocenters.